The summed E-state index contributed by atoms with van der Waals surface area (Å²) in [4.78, 5) is 2.96. The average Bonchev–Trinajstić information content (AvgIpc) is 2.69. The van der Waals surface area contributed by atoms with E-state index in [-0.39, 0.29) is 0 Å². The topological polar surface area (TPSA) is 37.4 Å². The molecule has 0 bridgehead atoms. The highest BCUT2D eigenvalue weighted by atomic mass is 32.2. The quantitative estimate of drug-likeness (QED) is 0.629. The first-order chi connectivity index (χ1) is 13.4. The fourth-order valence-corrected chi connectivity index (χ4v) is 5.82. The number of hydrogen-bond donors (Lipinski definition) is 0. The zero-order chi connectivity index (χ0) is 20.0. The van der Waals surface area contributed by atoms with Crippen molar-refractivity contribution in [1.82, 2.24) is 4.90 Å². The molecule has 152 valence electrons. The van der Waals surface area contributed by atoms with Crippen molar-refractivity contribution < 1.29 is 8.42 Å². The third-order valence-electron chi connectivity index (χ3n) is 6.00. The Morgan fingerprint density at radius 3 is 2.32 bits per heavy atom. The van der Waals surface area contributed by atoms with Crippen molar-refractivity contribution in [3.8, 4) is 0 Å². The first kappa shape index (κ1) is 21.1. The molecular weight excluding hydrogens is 366 g/mol. The van der Waals surface area contributed by atoms with Crippen LogP contribution >= 0.6 is 0 Å². The van der Waals surface area contributed by atoms with Gasteiger partial charge in [-0.05, 0) is 82.7 Å². The highest BCUT2D eigenvalue weighted by Gasteiger charge is 2.35. The maximum Gasteiger partial charge on any atom is 0.183 e. The summed E-state index contributed by atoms with van der Waals surface area (Å²) in [5.41, 5.74) is 1.42. The summed E-state index contributed by atoms with van der Waals surface area (Å²) in [6.07, 6.45) is 5.27. The first-order valence-electron chi connectivity index (χ1n) is 10.4. The Kier molecular flexibility index (Phi) is 6.95. The normalized spacial score (nSPS) is 18.9. The third-order valence-corrected chi connectivity index (χ3v) is 8.56. The van der Waals surface area contributed by atoms with Gasteiger partial charge in [-0.1, -0.05) is 48.5 Å². The number of piperidine rings is 1. The van der Waals surface area contributed by atoms with E-state index in [1.165, 1.54) is 18.4 Å². The highest BCUT2D eigenvalue weighted by molar-refractivity contribution is 7.92. The number of rotatable bonds is 8. The molecule has 0 saturated carbocycles. The van der Waals surface area contributed by atoms with Crippen LogP contribution in [0.4, 0.5) is 0 Å². The molecule has 0 aromatic heterocycles. The summed E-state index contributed by atoms with van der Waals surface area (Å²) in [7, 11) is -3.31. The fraction of sp³-hybridized carbons (Fsp3) is 0.500. The summed E-state index contributed by atoms with van der Waals surface area (Å²) < 4.78 is 25.2. The predicted octanol–water partition coefficient (Wildman–Crippen LogP) is 4.97. The van der Waals surface area contributed by atoms with Gasteiger partial charge in [0.1, 0.15) is 0 Å². The lowest BCUT2D eigenvalue weighted by Crippen LogP contribution is -2.38. The largest absolute Gasteiger partial charge is 0.303 e. The molecule has 1 heterocycles. The molecule has 1 atom stereocenters. The lowest BCUT2D eigenvalue weighted by Gasteiger charge is -2.34. The van der Waals surface area contributed by atoms with Gasteiger partial charge in [0.15, 0.2) is 9.84 Å². The van der Waals surface area contributed by atoms with Crippen LogP contribution in [0.15, 0.2) is 65.6 Å². The number of likely N-dealkylation sites (tertiary alicyclic amines) is 1. The van der Waals surface area contributed by atoms with Gasteiger partial charge in [-0.25, -0.2) is 8.42 Å². The molecule has 1 aliphatic heterocycles. The molecule has 28 heavy (non-hydrogen) atoms. The van der Waals surface area contributed by atoms with Crippen molar-refractivity contribution in [2.45, 2.75) is 55.6 Å². The smallest absolute Gasteiger partial charge is 0.183 e. The lowest BCUT2D eigenvalue weighted by atomic mass is 9.91. The Balaban J connectivity index is 1.51. The van der Waals surface area contributed by atoms with Crippen LogP contribution in [-0.2, 0) is 16.3 Å². The zero-order valence-electron chi connectivity index (χ0n) is 17.2. The number of hydrogen-bond acceptors (Lipinski definition) is 3. The number of benzene rings is 2. The number of nitrogens with zero attached hydrogens (tertiary/aromatic N) is 1. The standard InChI is InChI=1S/C24H33NO2S/c1-24(2,28(26,27)23-14-7-4-8-15-23)16-10-18-25-17-9-13-22(20-25)19-21-11-5-3-6-12-21/h3-8,11-12,14-15,22H,9-10,13,16-20H2,1-2H3. The van der Waals surface area contributed by atoms with Gasteiger partial charge in [-0.2, -0.15) is 0 Å². The van der Waals surface area contributed by atoms with Crippen LogP contribution in [0.3, 0.4) is 0 Å². The van der Waals surface area contributed by atoms with Crippen LogP contribution in [0, 0.1) is 5.92 Å². The molecule has 0 N–H and O–H groups in total. The van der Waals surface area contributed by atoms with E-state index in [9.17, 15) is 8.42 Å². The van der Waals surface area contributed by atoms with E-state index in [1.54, 1.807) is 24.3 Å². The van der Waals surface area contributed by atoms with Gasteiger partial charge >= 0.3 is 0 Å². The minimum Gasteiger partial charge on any atom is -0.303 e. The second-order valence-corrected chi connectivity index (χ2v) is 11.3. The van der Waals surface area contributed by atoms with Crippen molar-refractivity contribution in [3.63, 3.8) is 0 Å². The van der Waals surface area contributed by atoms with Crippen LogP contribution in [-0.4, -0.2) is 37.7 Å². The van der Waals surface area contributed by atoms with E-state index in [0.717, 1.165) is 32.5 Å². The lowest BCUT2D eigenvalue weighted by molar-refractivity contribution is 0.170. The Bertz CT molecular complexity index is 831. The van der Waals surface area contributed by atoms with E-state index >= 15 is 0 Å². The molecule has 1 saturated heterocycles. The molecular formula is C24H33NO2S. The van der Waals surface area contributed by atoms with Gasteiger partial charge in [0.25, 0.3) is 0 Å². The minimum atomic E-state index is -3.31. The van der Waals surface area contributed by atoms with Crippen LogP contribution < -0.4 is 0 Å². The van der Waals surface area contributed by atoms with Crippen molar-refractivity contribution >= 4 is 9.84 Å². The SMILES string of the molecule is CC(C)(CCCN1CCCC(Cc2ccccc2)C1)S(=O)(=O)c1ccccc1. The van der Waals surface area contributed by atoms with Crippen molar-refractivity contribution in [2.24, 2.45) is 5.92 Å². The molecule has 0 radical (unpaired) electrons. The summed E-state index contributed by atoms with van der Waals surface area (Å²) in [6, 6.07) is 19.6. The zero-order valence-corrected chi connectivity index (χ0v) is 18.0. The molecule has 2 aromatic carbocycles. The molecule has 0 amide bonds. The maximum atomic E-state index is 13.0. The van der Waals surface area contributed by atoms with E-state index in [1.807, 2.05) is 19.9 Å². The molecule has 1 fully saturated rings. The molecule has 0 spiro atoms. The van der Waals surface area contributed by atoms with Crippen molar-refractivity contribution in [2.75, 3.05) is 19.6 Å². The maximum absolute atomic E-state index is 13.0. The molecule has 2 aromatic rings. The van der Waals surface area contributed by atoms with Gasteiger partial charge in [-0.3, -0.25) is 0 Å². The Hall–Kier alpha value is -1.65. The summed E-state index contributed by atoms with van der Waals surface area (Å²) >= 11 is 0. The minimum absolute atomic E-state index is 0.431. The monoisotopic (exact) mass is 399 g/mol. The van der Waals surface area contributed by atoms with E-state index in [2.05, 4.69) is 35.2 Å². The number of sulfone groups is 1. The highest BCUT2D eigenvalue weighted by Crippen LogP contribution is 2.30. The average molecular weight is 400 g/mol. The predicted molar refractivity (Wildman–Crippen MR) is 116 cm³/mol. The molecule has 3 rings (SSSR count). The molecule has 3 nitrogen and oxygen atoms in total. The van der Waals surface area contributed by atoms with Crippen LogP contribution in [0.1, 0.15) is 45.1 Å². The molecule has 4 heteroatoms. The van der Waals surface area contributed by atoms with E-state index in [4.69, 9.17) is 0 Å². The Labute approximate surface area is 170 Å². The first-order valence-corrected chi connectivity index (χ1v) is 11.9. The third kappa shape index (κ3) is 5.24. The fourth-order valence-electron chi connectivity index (χ4n) is 4.25. The van der Waals surface area contributed by atoms with Gasteiger partial charge in [0, 0.05) is 6.54 Å². The molecule has 0 aliphatic carbocycles. The van der Waals surface area contributed by atoms with Gasteiger partial charge in [0.2, 0.25) is 0 Å². The van der Waals surface area contributed by atoms with Gasteiger partial charge in [-0.15, -0.1) is 0 Å². The van der Waals surface area contributed by atoms with Crippen molar-refractivity contribution in [3.05, 3.63) is 66.2 Å². The second kappa shape index (κ2) is 9.23. The van der Waals surface area contributed by atoms with E-state index < -0.39 is 14.6 Å². The van der Waals surface area contributed by atoms with Crippen LogP contribution in [0.25, 0.3) is 0 Å². The van der Waals surface area contributed by atoms with Crippen LogP contribution in [0.2, 0.25) is 0 Å². The van der Waals surface area contributed by atoms with Crippen LogP contribution in [0.5, 0.6) is 0 Å². The van der Waals surface area contributed by atoms with Gasteiger partial charge < -0.3 is 4.90 Å². The summed E-state index contributed by atoms with van der Waals surface area (Å²) in [6.45, 7) is 6.98. The van der Waals surface area contributed by atoms with E-state index in [0.29, 0.717) is 17.2 Å². The summed E-state index contributed by atoms with van der Waals surface area (Å²) in [5, 5.41) is 0. The van der Waals surface area contributed by atoms with Gasteiger partial charge in [0.05, 0.1) is 9.64 Å². The second-order valence-electron chi connectivity index (χ2n) is 8.68. The Morgan fingerprint density at radius 2 is 1.64 bits per heavy atom. The summed E-state index contributed by atoms with van der Waals surface area (Å²) in [5.74, 6) is 0.706. The van der Waals surface area contributed by atoms with Crippen molar-refractivity contribution in [1.29, 1.82) is 0 Å². The Morgan fingerprint density at radius 1 is 1.00 bits per heavy atom. The molecule has 1 unspecified atom stereocenters. The molecule has 1 aliphatic rings.